The van der Waals surface area contributed by atoms with Gasteiger partial charge in [0.05, 0.1) is 5.69 Å². The first kappa shape index (κ1) is 10.7. The molecule has 0 radical (unpaired) electrons. The van der Waals surface area contributed by atoms with E-state index in [4.69, 9.17) is 22.7 Å². The Balaban J connectivity index is 2.65. The number of benzene rings is 1. The molecule has 0 amide bonds. The van der Waals surface area contributed by atoms with Crippen molar-refractivity contribution in [3.8, 4) is 5.69 Å². The fraction of sp³-hybridized carbons (Fsp3) is 0.0909. The molecule has 0 unspecified atom stereocenters. The van der Waals surface area contributed by atoms with Crippen molar-refractivity contribution in [2.45, 2.75) is 6.92 Å². The van der Waals surface area contributed by atoms with Crippen LogP contribution in [0, 0.1) is 12.3 Å². The highest BCUT2D eigenvalue weighted by molar-refractivity contribution is 6.31. The van der Waals surface area contributed by atoms with Crippen LogP contribution in [0.3, 0.4) is 0 Å². The Kier molecular flexibility index (Phi) is 2.66. The maximum absolute atomic E-state index is 7.53. The summed E-state index contributed by atoms with van der Waals surface area (Å²) in [6.45, 7) is 1.89. The van der Waals surface area contributed by atoms with E-state index >= 15 is 0 Å². The number of hydrogen-bond donors (Lipinski definition) is 2. The summed E-state index contributed by atoms with van der Waals surface area (Å²) < 4.78 is 1.87. The van der Waals surface area contributed by atoms with Crippen LogP contribution in [0.4, 0.5) is 0 Å². The summed E-state index contributed by atoms with van der Waals surface area (Å²) >= 11 is 5.88. The molecule has 1 aromatic heterocycles. The molecule has 3 N–H and O–H groups in total. The summed E-state index contributed by atoms with van der Waals surface area (Å²) in [6, 6.07) is 5.27. The van der Waals surface area contributed by atoms with E-state index in [1.165, 1.54) is 0 Å². The van der Waals surface area contributed by atoms with Crippen molar-refractivity contribution >= 4 is 17.4 Å². The van der Waals surface area contributed by atoms with Crippen molar-refractivity contribution in [2.75, 3.05) is 0 Å². The van der Waals surface area contributed by atoms with E-state index < -0.39 is 0 Å². The standard InChI is InChI=1S/C11H11ClN4/c1-7-15-4-5-16(7)10-3-2-8(12)6-9(10)11(13)14/h2-6H,1H3,(H3,13,14). The predicted octanol–water partition coefficient (Wildman–Crippen LogP) is 2.12. The Morgan fingerprint density at radius 2 is 2.25 bits per heavy atom. The average molecular weight is 235 g/mol. The van der Waals surface area contributed by atoms with Crippen molar-refractivity contribution in [3.05, 3.63) is 47.0 Å². The van der Waals surface area contributed by atoms with E-state index in [1.807, 2.05) is 23.8 Å². The Labute approximate surface area is 98.2 Å². The van der Waals surface area contributed by atoms with Crippen LogP contribution in [0.25, 0.3) is 5.69 Å². The van der Waals surface area contributed by atoms with Gasteiger partial charge in [-0.25, -0.2) is 4.98 Å². The minimum atomic E-state index is -0.00870. The Bertz CT molecular complexity index is 545. The van der Waals surface area contributed by atoms with Gasteiger partial charge in [-0.1, -0.05) is 11.6 Å². The minimum Gasteiger partial charge on any atom is -0.384 e. The molecule has 4 nitrogen and oxygen atoms in total. The van der Waals surface area contributed by atoms with Gasteiger partial charge in [0.2, 0.25) is 0 Å². The van der Waals surface area contributed by atoms with Gasteiger partial charge in [0, 0.05) is 23.0 Å². The van der Waals surface area contributed by atoms with Crippen LogP contribution >= 0.6 is 11.6 Å². The fourth-order valence-corrected chi connectivity index (χ4v) is 1.74. The van der Waals surface area contributed by atoms with Crippen molar-refractivity contribution in [1.82, 2.24) is 9.55 Å². The zero-order valence-corrected chi connectivity index (χ0v) is 9.49. The zero-order valence-electron chi connectivity index (χ0n) is 8.74. The molecule has 0 saturated carbocycles. The van der Waals surface area contributed by atoms with Gasteiger partial charge in [-0.15, -0.1) is 0 Å². The third-order valence-electron chi connectivity index (χ3n) is 2.33. The summed E-state index contributed by atoms with van der Waals surface area (Å²) in [7, 11) is 0. The molecule has 1 heterocycles. The number of nitrogens with zero attached hydrogens (tertiary/aromatic N) is 2. The molecule has 82 valence electrons. The second-order valence-corrected chi connectivity index (χ2v) is 3.86. The van der Waals surface area contributed by atoms with E-state index in [-0.39, 0.29) is 5.84 Å². The van der Waals surface area contributed by atoms with Gasteiger partial charge in [0.1, 0.15) is 11.7 Å². The first-order chi connectivity index (χ1) is 7.59. The number of aromatic nitrogens is 2. The van der Waals surface area contributed by atoms with Crippen molar-refractivity contribution < 1.29 is 0 Å². The third-order valence-corrected chi connectivity index (χ3v) is 2.57. The molecule has 0 saturated heterocycles. The van der Waals surface area contributed by atoms with Gasteiger partial charge >= 0.3 is 0 Å². The molecule has 0 fully saturated rings. The summed E-state index contributed by atoms with van der Waals surface area (Å²) in [5.74, 6) is 0.829. The highest BCUT2D eigenvalue weighted by Crippen LogP contribution is 2.20. The van der Waals surface area contributed by atoms with Gasteiger partial charge < -0.3 is 10.3 Å². The van der Waals surface area contributed by atoms with Crippen LogP contribution in [0.5, 0.6) is 0 Å². The number of nitrogens with one attached hydrogen (secondary N) is 1. The van der Waals surface area contributed by atoms with Crippen LogP contribution in [-0.4, -0.2) is 15.4 Å². The van der Waals surface area contributed by atoms with E-state index in [2.05, 4.69) is 4.98 Å². The van der Waals surface area contributed by atoms with Gasteiger partial charge in [-0.05, 0) is 25.1 Å². The van der Waals surface area contributed by atoms with Gasteiger partial charge in [0.15, 0.2) is 0 Å². The molecule has 1 aromatic carbocycles. The number of hydrogen-bond acceptors (Lipinski definition) is 2. The molecule has 0 atom stereocenters. The topological polar surface area (TPSA) is 67.7 Å². The molecule has 5 heteroatoms. The number of aryl methyl sites for hydroxylation is 1. The number of amidine groups is 1. The number of imidazole rings is 1. The Hall–Kier alpha value is -1.81. The number of rotatable bonds is 2. The summed E-state index contributed by atoms with van der Waals surface area (Å²) in [5, 5.41) is 8.09. The molecular weight excluding hydrogens is 224 g/mol. The Morgan fingerprint density at radius 1 is 1.50 bits per heavy atom. The lowest BCUT2D eigenvalue weighted by atomic mass is 10.1. The molecule has 0 bridgehead atoms. The molecule has 0 aliphatic rings. The maximum Gasteiger partial charge on any atom is 0.124 e. The summed E-state index contributed by atoms with van der Waals surface area (Å²) in [5.41, 5.74) is 6.95. The fourth-order valence-electron chi connectivity index (χ4n) is 1.57. The van der Waals surface area contributed by atoms with Crippen LogP contribution < -0.4 is 5.73 Å². The quantitative estimate of drug-likeness (QED) is 0.617. The first-order valence-electron chi connectivity index (χ1n) is 4.74. The van der Waals surface area contributed by atoms with Gasteiger partial charge in [-0.3, -0.25) is 5.41 Å². The normalized spacial score (nSPS) is 10.4. The molecule has 0 aliphatic carbocycles. The second kappa shape index (κ2) is 3.98. The molecule has 2 rings (SSSR count). The number of nitrogen functional groups attached to an aromatic ring is 1. The smallest absolute Gasteiger partial charge is 0.124 e. The highest BCUT2D eigenvalue weighted by Gasteiger charge is 2.09. The lowest BCUT2D eigenvalue weighted by Gasteiger charge is -2.10. The van der Waals surface area contributed by atoms with E-state index in [9.17, 15) is 0 Å². The molecule has 0 aliphatic heterocycles. The molecule has 2 aromatic rings. The SMILES string of the molecule is Cc1nccn1-c1ccc(Cl)cc1C(=N)N. The average Bonchev–Trinajstić information content (AvgIpc) is 2.64. The lowest BCUT2D eigenvalue weighted by molar-refractivity contribution is 0.971. The highest BCUT2D eigenvalue weighted by atomic mass is 35.5. The van der Waals surface area contributed by atoms with Crippen molar-refractivity contribution in [2.24, 2.45) is 5.73 Å². The van der Waals surface area contributed by atoms with Crippen molar-refractivity contribution in [1.29, 1.82) is 5.41 Å². The zero-order chi connectivity index (χ0) is 11.7. The van der Waals surface area contributed by atoms with Crippen LogP contribution in [0.1, 0.15) is 11.4 Å². The van der Waals surface area contributed by atoms with E-state index in [0.717, 1.165) is 11.5 Å². The minimum absolute atomic E-state index is 0.00870. The monoisotopic (exact) mass is 234 g/mol. The summed E-state index contributed by atoms with van der Waals surface area (Å²) in [6.07, 6.45) is 3.53. The maximum atomic E-state index is 7.53. The number of nitrogens with two attached hydrogens (primary N) is 1. The third kappa shape index (κ3) is 1.79. The van der Waals surface area contributed by atoms with Gasteiger partial charge in [0.25, 0.3) is 0 Å². The van der Waals surface area contributed by atoms with Gasteiger partial charge in [-0.2, -0.15) is 0 Å². The first-order valence-corrected chi connectivity index (χ1v) is 5.11. The molecule has 16 heavy (non-hydrogen) atoms. The second-order valence-electron chi connectivity index (χ2n) is 3.42. The molecular formula is C11H11ClN4. The lowest BCUT2D eigenvalue weighted by Crippen LogP contribution is -2.15. The predicted molar refractivity (Wildman–Crippen MR) is 64.3 cm³/mol. The van der Waals surface area contributed by atoms with Crippen molar-refractivity contribution in [3.63, 3.8) is 0 Å². The van der Waals surface area contributed by atoms with E-state index in [1.54, 1.807) is 18.3 Å². The molecule has 0 spiro atoms. The largest absolute Gasteiger partial charge is 0.384 e. The van der Waals surface area contributed by atoms with E-state index in [0.29, 0.717) is 10.6 Å². The van der Waals surface area contributed by atoms with Crippen LogP contribution in [0.15, 0.2) is 30.6 Å². The van der Waals surface area contributed by atoms with Crippen LogP contribution in [0.2, 0.25) is 5.02 Å². The Morgan fingerprint density at radius 3 is 2.81 bits per heavy atom. The summed E-state index contributed by atoms with van der Waals surface area (Å²) in [4.78, 5) is 4.13. The van der Waals surface area contributed by atoms with Crippen LogP contribution in [-0.2, 0) is 0 Å². The number of halogens is 1.